The zero-order chi connectivity index (χ0) is 12.6. The van der Waals surface area contributed by atoms with E-state index in [0.29, 0.717) is 18.2 Å². The molecular formula is C14H26N2O2. The van der Waals surface area contributed by atoms with E-state index in [1.807, 2.05) is 0 Å². The summed E-state index contributed by atoms with van der Waals surface area (Å²) >= 11 is 0. The molecule has 0 amide bonds. The molecule has 18 heavy (non-hydrogen) atoms. The van der Waals surface area contributed by atoms with Gasteiger partial charge in [0, 0.05) is 31.2 Å². The SMILES string of the molecule is CC(CO)(CCN1CC2CCC(C1)O2)NC1CC1. The minimum atomic E-state index is -0.0987. The molecule has 0 aromatic rings. The molecular weight excluding hydrogens is 228 g/mol. The van der Waals surface area contributed by atoms with Gasteiger partial charge in [0.2, 0.25) is 0 Å². The van der Waals surface area contributed by atoms with E-state index in [4.69, 9.17) is 4.74 Å². The lowest BCUT2D eigenvalue weighted by Gasteiger charge is -2.36. The van der Waals surface area contributed by atoms with Gasteiger partial charge in [-0.15, -0.1) is 0 Å². The van der Waals surface area contributed by atoms with E-state index >= 15 is 0 Å². The van der Waals surface area contributed by atoms with Crippen LogP contribution >= 0.6 is 0 Å². The van der Waals surface area contributed by atoms with Gasteiger partial charge in [-0.05, 0) is 39.0 Å². The largest absolute Gasteiger partial charge is 0.394 e. The Labute approximate surface area is 110 Å². The maximum absolute atomic E-state index is 9.60. The highest BCUT2D eigenvalue weighted by molar-refractivity contribution is 4.93. The fourth-order valence-corrected chi connectivity index (χ4v) is 3.20. The second-order valence-corrected chi connectivity index (χ2v) is 6.60. The van der Waals surface area contributed by atoms with E-state index in [1.54, 1.807) is 0 Å². The Bertz CT molecular complexity index is 284. The molecule has 3 unspecified atom stereocenters. The molecule has 3 atom stereocenters. The van der Waals surface area contributed by atoms with Gasteiger partial charge >= 0.3 is 0 Å². The summed E-state index contributed by atoms with van der Waals surface area (Å²) in [5.74, 6) is 0. The molecule has 4 nitrogen and oxygen atoms in total. The minimum Gasteiger partial charge on any atom is -0.394 e. The van der Waals surface area contributed by atoms with Gasteiger partial charge < -0.3 is 15.2 Å². The number of aliphatic hydroxyl groups is 1. The number of likely N-dealkylation sites (tertiary alicyclic amines) is 1. The zero-order valence-electron chi connectivity index (χ0n) is 11.4. The predicted molar refractivity (Wildman–Crippen MR) is 70.6 cm³/mol. The van der Waals surface area contributed by atoms with Crippen LogP contribution in [0.15, 0.2) is 0 Å². The van der Waals surface area contributed by atoms with Crippen molar-refractivity contribution >= 4 is 0 Å². The molecule has 3 rings (SSSR count). The molecule has 2 heterocycles. The first-order chi connectivity index (χ1) is 8.67. The Morgan fingerprint density at radius 1 is 1.22 bits per heavy atom. The van der Waals surface area contributed by atoms with E-state index in [0.717, 1.165) is 26.1 Å². The van der Waals surface area contributed by atoms with Crippen LogP contribution < -0.4 is 5.32 Å². The lowest BCUT2D eigenvalue weighted by Crippen LogP contribution is -2.51. The van der Waals surface area contributed by atoms with Gasteiger partial charge in [0.05, 0.1) is 18.8 Å². The summed E-state index contributed by atoms with van der Waals surface area (Å²) in [6, 6.07) is 0.656. The number of ether oxygens (including phenoxy) is 1. The van der Waals surface area contributed by atoms with Gasteiger partial charge in [-0.2, -0.15) is 0 Å². The maximum Gasteiger partial charge on any atom is 0.0707 e. The molecule has 0 aromatic heterocycles. The number of aliphatic hydroxyl groups excluding tert-OH is 1. The number of morpholine rings is 1. The van der Waals surface area contributed by atoms with Crippen LogP contribution in [-0.2, 0) is 4.74 Å². The smallest absolute Gasteiger partial charge is 0.0707 e. The van der Waals surface area contributed by atoms with E-state index in [-0.39, 0.29) is 12.1 Å². The van der Waals surface area contributed by atoms with Crippen LogP contribution in [0.3, 0.4) is 0 Å². The van der Waals surface area contributed by atoms with Crippen molar-refractivity contribution < 1.29 is 9.84 Å². The quantitative estimate of drug-likeness (QED) is 0.734. The third-order valence-corrected chi connectivity index (χ3v) is 4.58. The molecule has 3 fully saturated rings. The van der Waals surface area contributed by atoms with Crippen LogP contribution in [0.4, 0.5) is 0 Å². The molecule has 0 radical (unpaired) electrons. The highest BCUT2D eigenvalue weighted by Crippen LogP contribution is 2.28. The van der Waals surface area contributed by atoms with Crippen LogP contribution in [0.5, 0.6) is 0 Å². The Hall–Kier alpha value is -0.160. The molecule has 2 bridgehead atoms. The van der Waals surface area contributed by atoms with Gasteiger partial charge in [-0.1, -0.05) is 0 Å². The van der Waals surface area contributed by atoms with Crippen molar-refractivity contribution in [1.82, 2.24) is 10.2 Å². The second kappa shape index (κ2) is 5.08. The van der Waals surface area contributed by atoms with Gasteiger partial charge in [0.15, 0.2) is 0 Å². The number of hydrogen-bond acceptors (Lipinski definition) is 4. The monoisotopic (exact) mass is 254 g/mol. The number of nitrogens with one attached hydrogen (secondary N) is 1. The molecule has 3 aliphatic rings. The Balaban J connectivity index is 1.47. The molecule has 1 aliphatic carbocycles. The van der Waals surface area contributed by atoms with Gasteiger partial charge in [-0.3, -0.25) is 4.90 Å². The second-order valence-electron chi connectivity index (χ2n) is 6.60. The predicted octanol–water partition coefficient (Wildman–Crippen LogP) is 0.743. The number of hydrogen-bond donors (Lipinski definition) is 2. The molecule has 2 aliphatic heterocycles. The van der Waals surface area contributed by atoms with E-state index < -0.39 is 0 Å². The summed E-state index contributed by atoms with van der Waals surface area (Å²) in [6.07, 6.45) is 6.99. The van der Waals surface area contributed by atoms with Crippen LogP contribution in [0, 0.1) is 0 Å². The van der Waals surface area contributed by atoms with Gasteiger partial charge in [-0.25, -0.2) is 0 Å². The fourth-order valence-electron chi connectivity index (χ4n) is 3.20. The van der Waals surface area contributed by atoms with E-state index in [1.165, 1.54) is 25.7 Å². The highest BCUT2D eigenvalue weighted by Gasteiger charge is 2.36. The van der Waals surface area contributed by atoms with Crippen molar-refractivity contribution in [2.24, 2.45) is 0 Å². The van der Waals surface area contributed by atoms with Crippen LogP contribution in [0.25, 0.3) is 0 Å². The van der Waals surface area contributed by atoms with Crippen molar-refractivity contribution in [3.8, 4) is 0 Å². The highest BCUT2D eigenvalue weighted by atomic mass is 16.5. The first-order valence-corrected chi connectivity index (χ1v) is 7.43. The van der Waals surface area contributed by atoms with Crippen molar-refractivity contribution in [3.63, 3.8) is 0 Å². The van der Waals surface area contributed by atoms with Crippen molar-refractivity contribution in [2.45, 2.75) is 62.8 Å². The summed E-state index contributed by atoms with van der Waals surface area (Å²) in [6.45, 7) is 5.64. The average molecular weight is 254 g/mol. The zero-order valence-corrected chi connectivity index (χ0v) is 11.4. The van der Waals surface area contributed by atoms with Crippen LogP contribution in [-0.4, -0.2) is 60.0 Å². The molecule has 2 saturated heterocycles. The lowest BCUT2D eigenvalue weighted by molar-refractivity contribution is -0.0410. The number of nitrogens with zero attached hydrogens (tertiary/aromatic N) is 1. The summed E-state index contributed by atoms with van der Waals surface area (Å²) in [5.41, 5.74) is -0.0987. The first kappa shape index (κ1) is 12.9. The molecule has 104 valence electrons. The summed E-state index contributed by atoms with van der Waals surface area (Å²) in [7, 11) is 0. The Kier molecular flexibility index (Phi) is 3.63. The summed E-state index contributed by atoms with van der Waals surface area (Å²) in [5, 5.41) is 13.2. The molecule has 1 saturated carbocycles. The number of rotatable bonds is 6. The molecule has 4 heteroatoms. The topological polar surface area (TPSA) is 44.7 Å². The van der Waals surface area contributed by atoms with E-state index in [2.05, 4.69) is 17.1 Å². The van der Waals surface area contributed by atoms with Gasteiger partial charge in [0.1, 0.15) is 0 Å². The fraction of sp³-hybridized carbons (Fsp3) is 1.00. The van der Waals surface area contributed by atoms with Crippen molar-refractivity contribution in [1.29, 1.82) is 0 Å². The maximum atomic E-state index is 9.60. The standard InChI is InChI=1S/C14H26N2O2/c1-14(10-17,15-11-2-3-11)6-7-16-8-12-4-5-13(9-16)18-12/h11-13,15,17H,2-10H2,1H3. The number of fused-ring (bicyclic) bond motifs is 2. The lowest BCUT2D eigenvalue weighted by atomic mass is 9.98. The minimum absolute atomic E-state index is 0.0987. The van der Waals surface area contributed by atoms with Gasteiger partial charge in [0.25, 0.3) is 0 Å². The third-order valence-electron chi connectivity index (χ3n) is 4.58. The van der Waals surface area contributed by atoms with Crippen LogP contribution in [0.1, 0.15) is 39.0 Å². The summed E-state index contributed by atoms with van der Waals surface area (Å²) in [4.78, 5) is 2.52. The Morgan fingerprint density at radius 2 is 1.89 bits per heavy atom. The molecule has 0 aromatic carbocycles. The van der Waals surface area contributed by atoms with E-state index in [9.17, 15) is 5.11 Å². The first-order valence-electron chi connectivity index (χ1n) is 7.43. The van der Waals surface area contributed by atoms with Crippen molar-refractivity contribution in [2.75, 3.05) is 26.2 Å². The van der Waals surface area contributed by atoms with Crippen LogP contribution in [0.2, 0.25) is 0 Å². The molecule has 0 spiro atoms. The van der Waals surface area contributed by atoms with Crippen molar-refractivity contribution in [3.05, 3.63) is 0 Å². The normalized spacial score (nSPS) is 35.7. The summed E-state index contributed by atoms with van der Waals surface area (Å²) < 4.78 is 5.85. The average Bonchev–Trinajstić information content (AvgIpc) is 3.11. The molecule has 2 N–H and O–H groups in total. The Morgan fingerprint density at radius 3 is 2.44 bits per heavy atom. The third kappa shape index (κ3) is 3.05.